The number of nitrogens with zero attached hydrogens (tertiary/aromatic N) is 3. The average Bonchev–Trinajstić information content (AvgIpc) is 3.79. The van der Waals surface area contributed by atoms with Crippen LogP contribution in [0.3, 0.4) is 0 Å². The summed E-state index contributed by atoms with van der Waals surface area (Å²) in [5, 5.41) is 28.2. The lowest BCUT2D eigenvalue weighted by atomic mass is 9.81. The molecule has 4 aromatic rings. The molecule has 1 saturated carbocycles. The number of H-pyrrole nitrogens is 1. The van der Waals surface area contributed by atoms with E-state index < -0.39 is 47.6 Å². The molecule has 0 radical (unpaired) electrons. The van der Waals surface area contributed by atoms with Gasteiger partial charge in [-0.1, -0.05) is 30.3 Å². The summed E-state index contributed by atoms with van der Waals surface area (Å²) >= 11 is 0. The number of methoxy groups -OCH3 is 1. The van der Waals surface area contributed by atoms with E-state index in [0.717, 1.165) is 35.1 Å². The molecule has 6 N–H and O–H groups in total. The molecule has 17 heteroatoms. The molecule has 17 nitrogen and oxygen atoms in total. The minimum Gasteiger partial charge on any atom is -0.467 e. The quantitative estimate of drug-likeness (QED) is 0.103. The highest BCUT2D eigenvalue weighted by atomic mass is 16.6. The lowest BCUT2D eigenvalue weighted by molar-refractivity contribution is -0.146. The Balaban J connectivity index is 1.09. The van der Waals surface area contributed by atoms with Crippen LogP contribution in [0, 0.1) is 18.8 Å². The zero-order valence-corrected chi connectivity index (χ0v) is 35.0. The Bertz CT molecular complexity index is 2200. The van der Waals surface area contributed by atoms with Crippen LogP contribution < -0.4 is 26.6 Å². The summed E-state index contributed by atoms with van der Waals surface area (Å²) in [5.41, 5.74) is 4.49. The van der Waals surface area contributed by atoms with E-state index in [-0.39, 0.29) is 30.1 Å². The van der Waals surface area contributed by atoms with Crippen LogP contribution in [-0.2, 0) is 35.1 Å². The van der Waals surface area contributed by atoms with Crippen LogP contribution in [0.2, 0.25) is 0 Å². The molecule has 322 valence electrons. The number of aromatic nitrogens is 4. The summed E-state index contributed by atoms with van der Waals surface area (Å²) in [5.74, 6) is -1.58. The molecular formula is C44H53N9O8. The Kier molecular flexibility index (Phi) is 14.1. The fraction of sp³-hybridized carbons (Fsp3) is 0.432. The summed E-state index contributed by atoms with van der Waals surface area (Å²) < 4.78 is 10.1. The molecule has 5 amide bonds. The number of nitrogens with one attached hydrogen (secondary N) is 6. The van der Waals surface area contributed by atoms with E-state index in [1.165, 1.54) is 7.11 Å². The number of piperidine rings is 1. The van der Waals surface area contributed by atoms with Gasteiger partial charge in [-0.05, 0) is 136 Å². The fourth-order valence-electron chi connectivity index (χ4n) is 7.58. The first-order chi connectivity index (χ1) is 29.1. The third kappa shape index (κ3) is 12.0. The first-order valence-corrected chi connectivity index (χ1v) is 20.5. The van der Waals surface area contributed by atoms with Gasteiger partial charge in [-0.15, -0.1) is 10.2 Å². The van der Waals surface area contributed by atoms with Crippen molar-refractivity contribution >= 4 is 41.4 Å². The minimum absolute atomic E-state index is 0.197. The Morgan fingerprint density at radius 3 is 2.21 bits per heavy atom. The predicted octanol–water partition coefficient (Wildman–Crippen LogP) is 4.39. The minimum atomic E-state index is -0.890. The van der Waals surface area contributed by atoms with Crippen molar-refractivity contribution in [2.24, 2.45) is 11.8 Å². The van der Waals surface area contributed by atoms with Crippen LogP contribution in [0.25, 0.3) is 22.5 Å². The normalized spacial score (nSPS) is 19.4. The summed E-state index contributed by atoms with van der Waals surface area (Å²) in [4.78, 5) is 77.3. The average molecular weight is 836 g/mol. The Hall–Kier alpha value is -6.65. The topological polar surface area (TPSA) is 235 Å². The van der Waals surface area contributed by atoms with E-state index in [1.54, 1.807) is 36.4 Å². The molecule has 2 unspecified atom stereocenters. The lowest BCUT2D eigenvalue weighted by Crippen LogP contribution is -2.56. The predicted molar refractivity (Wildman–Crippen MR) is 225 cm³/mol. The highest BCUT2D eigenvalue weighted by Gasteiger charge is 2.34. The number of tetrazole rings is 1. The number of aryl methyl sites for hydroxylation is 1. The number of aromatic amines is 1. The molecule has 0 bridgehead atoms. The smallest absolute Gasteiger partial charge is 0.407 e. The standard InChI is InChI=1S/C44H53N9O8/c1-25-22-31(39(55)47-34-20-21-35(42(58)60-5)48-40(34)56)16-19-33(25)28-10-6-26(7-11-28)23-36(41(57)46-32-17-14-29(15-18-32)37-50-52-53-51-37)49-38(54)30-12-8-27(9-13-30)24-45-43(59)61-44(2,3)4/h6-7,10-11,14-19,22,27,30,34-36H,8-9,12-13,20-21,23-24H2,1-5H3,(H,45,59)(H,46,57)(H,47,55)(H,48,56)(H,49,54)(H,50,51,52,53)/t27?,30?,34?,35?,36-/m0/s1. The molecule has 1 aliphatic heterocycles. The van der Waals surface area contributed by atoms with Gasteiger partial charge in [-0.2, -0.15) is 5.21 Å². The molecular weight excluding hydrogens is 783 g/mol. The van der Waals surface area contributed by atoms with Gasteiger partial charge in [-0.25, -0.2) is 9.59 Å². The second-order valence-corrected chi connectivity index (χ2v) is 16.6. The van der Waals surface area contributed by atoms with Gasteiger partial charge in [0.05, 0.1) is 7.11 Å². The van der Waals surface area contributed by atoms with Crippen molar-refractivity contribution in [3.05, 3.63) is 83.4 Å². The van der Waals surface area contributed by atoms with E-state index in [1.807, 2.05) is 58.0 Å². The van der Waals surface area contributed by atoms with Gasteiger partial charge in [0.1, 0.15) is 23.7 Å². The van der Waals surface area contributed by atoms with E-state index in [0.29, 0.717) is 54.9 Å². The number of hydrogen-bond acceptors (Lipinski definition) is 11. The summed E-state index contributed by atoms with van der Waals surface area (Å²) in [6.45, 7) is 7.80. The Morgan fingerprint density at radius 2 is 1.59 bits per heavy atom. The van der Waals surface area contributed by atoms with Gasteiger partial charge in [0.25, 0.3) is 5.91 Å². The van der Waals surface area contributed by atoms with Crippen molar-refractivity contribution in [3.8, 4) is 22.5 Å². The molecule has 3 aromatic carbocycles. The van der Waals surface area contributed by atoms with Gasteiger partial charge in [0.2, 0.25) is 23.5 Å². The molecule has 3 atom stereocenters. The highest BCUT2D eigenvalue weighted by Crippen LogP contribution is 2.30. The molecule has 2 heterocycles. The second-order valence-electron chi connectivity index (χ2n) is 16.6. The fourth-order valence-corrected chi connectivity index (χ4v) is 7.58. The molecule has 2 aliphatic rings. The van der Waals surface area contributed by atoms with Crippen molar-refractivity contribution in [2.45, 2.75) is 96.4 Å². The largest absolute Gasteiger partial charge is 0.467 e. The van der Waals surface area contributed by atoms with Gasteiger partial charge in [0, 0.05) is 35.7 Å². The van der Waals surface area contributed by atoms with Crippen molar-refractivity contribution < 1.29 is 38.2 Å². The summed E-state index contributed by atoms with van der Waals surface area (Å²) in [6, 6.07) is 17.6. The number of amides is 5. The van der Waals surface area contributed by atoms with Crippen LogP contribution >= 0.6 is 0 Å². The van der Waals surface area contributed by atoms with E-state index >= 15 is 0 Å². The van der Waals surface area contributed by atoms with Gasteiger partial charge < -0.3 is 36.1 Å². The molecule has 1 saturated heterocycles. The molecule has 6 rings (SSSR count). The number of carbonyl (C=O) groups excluding carboxylic acids is 6. The van der Waals surface area contributed by atoms with E-state index in [9.17, 15) is 28.8 Å². The Labute approximate surface area is 353 Å². The first-order valence-electron chi connectivity index (χ1n) is 20.5. The van der Waals surface area contributed by atoms with Crippen LogP contribution in [0.15, 0.2) is 66.7 Å². The van der Waals surface area contributed by atoms with Crippen LogP contribution in [0.5, 0.6) is 0 Å². The van der Waals surface area contributed by atoms with Crippen LogP contribution in [0.1, 0.15) is 80.8 Å². The summed E-state index contributed by atoms with van der Waals surface area (Å²) in [7, 11) is 1.26. The SMILES string of the molecule is COC(=O)C1CCC(NC(=O)c2ccc(-c3ccc(C[C@H](NC(=O)C4CCC(CNC(=O)OC(C)(C)C)CC4)C(=O)Nc4ccc(-c5nn[nH]n5)cc4)cc3)c(C)c2)C(=O)N1. The monoisotopic (exact) mass is 835 g/mol. The maximum absolute atomic E-state index is 13.9. The first kappa shape index (κ1) is 43.9. The van der Waals surface area contributed by atoms with E-state index in [2.05, 4.69) is 47.2 Å². The molecule has 0 spiro atoms. The van der Waals surface area contributed by atoms with Gasteiger partial charge in [0.15, 0.2) is 0 Å². The maximum atomic E-state index is 13.9. The second kappa shape index (κ2) is 19.6. The van der Waals surface area contributed by atoms with Crippen molar-refractivity contribution in [1.29, 1.82) is 0 Å². The van der Waals surface area contributed by atoms with Crippen molar-refractivity contribution in [2.75, 3.05) is 19.0 Å². The maximum Gasteiger partial charge on any atom is 0.407 e. The third-order valence-corrected chi connectivity index (χ3v) is 10.9. The number of ether oxygens (including phenoxy) is 2. The number of anilines is 1. The summed E-state index contributed by atoms with van der Waals surface area (Å²) in [6.07, 6.45) is 3.17. The molecule has 61 heavy (non-hydrogen) atoms. The number of benzene rings is 3. The van der Waals surface area contributed by atoms with Gasteiger partial charge in [-0.3, -0.25) is 19.2 Å². The number of esters is 1. The van der Waals surface area contributed by atoms with Gasteiger partial charge >= 0.3 is 12.1 Å². The Morgan fingerprint density at radius 1 is 0.885 bits per heavy atom. The third-order valence-electron chi connectivity index (χ3n) is 10.9. The van der Waals surface area contributed by atoms with E-state index in [4.69, 9.17) is 9.47 Å². The number of rotatable bonds is 13. The zero-order chi connectivity index (χ0) is 43.7. The highest BCUT2D eigenvalue weighted by molar-refractivity contribution is 5.99. The number of alkyl carbamates (subject to hydrolysis) is 1. The van der Waals surface area contributed by atoms with Crippen molar-refractivity contribution in [3.63, 3.8) is 0 Å². The molecule has 1 aliphatic carbocycles. The number of hydrogen-bond donors (Lipinski definition) is 6. The van der Waals surface area contributed by atoms with Crippen molar-refractivity contribution in [1.82, 2.24) is 41.9 Å². The van der Waals surface area contributed by atoms with Crippen LogP contribution in [0.4, 0.5) is 10.5 Å². The molecule has 2 fully saturated rings. The zero-order valence-electron chi connectivity index (χ0n) is 35.0. The lowest BCUT2D eigenvalue weighted by Gasteiger charge is -2.29. The van der Waals surface area contributed by atoms with Crippen LogP contribution in [-0.4, -0.2) is 93.7 Å². The number of carbonyl (C=O) groups is 6. The molecule has 1 aromatic heterocycles.